The Morgan fingerprint density at radius 1 is 0.711 bits per heavy atom. The van der Waals surface area contributed by atoms with Gasteiger partial charge in [-0.2, -0.15) is 0 Å². The summed E-state index contributed by atoms with van der Waals surface area (Å²) in [4.78, 5) is 34.3. The summed E-state index contributed by atoms with van der Waals surface area (Å²) in [5.74, 6) is 0.464. The second-order valence-corrected chi connectivity index (χ2v) is 10.3. The number of ether oxygens (including phenoxy) is 3. The Morgan fingerprint density at radius 2 is 1.38 bits per heavy atom. The minimum atomic E-state index is -0.539. The topological polar surface area (TPSA) is 99.6 Å². The first-order chi connectivity index (χ1) is 22.0. The van der Waals surface area contributed by atoms with Crippen molar-refractivity contribution >= 4 is 11.9 Å². The minimum Gasteiger partial charge on any atom is -0.489 e. The molecule has 5 rings (SSSR count). The van der Waals surface area contributed by atoms with Crippen LogP contribution in [0.25, 0.3) is 11.1 Å². The van der Waals surface area contributed by atoms with Crippen LogP contribution in [0.15, 0.2) is 109 Å². The second-order valence-electron chi connectivity index (χ2n) is 10.3. The predicted octanol–water partition coefficient (Wildman–Crippen LogP) is 6.49. The lowest BCUT2D eigenvalue weighted by molar-refractivity contribution is -0.141. The lowest BCUT2D eigenvalue weighted by Gasteiger charge is -2.15. The van der Waals surface area contributed by atoms with Crippen LogP contribution in [-0.4, -0.2) is 35.0 Å². The molecule has 45 heavy (non-hydrogen) atoms. The molecule has 4 aromatic carbocycles. The van der Waals surface area contributed by atoms with Gasteiger partial charge in [-0.05, 0) is 53.8 Å². The molecular formula is C37H35N3O5. The van der Waals surface area contributed by atoms with Crippen LogP contribution in [0.4, 0.5) is 0 Å². The van der Waals surface area contributed by atoms with Crippen LogP contribution in [0.5, 0.6) is 11.5 Å². The molecule has 0 spiro atoms. The highest BCUT2D eigenvalue weighted by atomic mass is 16.5. The fourth-order valence-corrected chi connectivity index (χ4v) is 4.71. The summed E-state index contributed by atoms with van der Waals surface area (Å²) in [5.41, 5.74) is 5.71. The molecule has 5 aromatic rings. The van der Waals surface area contributed by atoms with E-state index in [4.69, 9.17) is 14.2 Å². The van der Waals surface area contributed by atoms with Gasteiger partial charge in [-0.1, -0.05) is 97.1 Å². The highest BCUT2D eigenvalue weighted by molar-refractivity contribution is 5.96. The molecule has 0 aliphatic heterocycles. The van der Waals surface area contributed by atoms with Crippen LogP contribution in [0.2, 0.25) is 0 Å². The van der Waals surface area contributed by atoms with E-state index in [1.165, 1.54) is 0 Å². The second kappa shape index (κ2) is 15.3. The van der Waals surface area contributed by atoms with E-state index >= 15 is 0 Å². The quantitative estimate of drug-likeness (QED) is 0.154. The number of nitrogens with zero attached hydrogens (tertiary/aromatic N) is 2. The molecule has 1 heterocycles. The summed E-state index contributed by atoms with van der Waals surface area (Å²) in [6.45, 7) is 4.18. The van der Waals surface area contributed by atoms with Gasteiger partial charge in [-0.15, -0.1) is 0 Å². The first kappa shape index (κ1) is 30.9. The maximum atomic E-state index is 13.2. The zero-order chi connectivity index (χ0) is 31.4. The maximum Gasteiger partial charge on any atom is 0.325 e. The van der Waals surface area contributed by atoms with E-state index in [1.807, 2.05) is 109 Å². The van der Waals surface area contributed by atoms with Gasteiger partial charge in [0.05, 0.1) is 12.3 Å². The SMILES string of the molecule is CCOC(=O)CNC(=O)c1nc(Cc2ccc(-c3cccc(OCc4ccccc4)c3)cc2)nc(C)c1OCc1ccccc1. The van der Waals surface area contributed by atoms with Crippen LogP contribution < -0.4 is 14.8 Å². The number of aryl methyl sites for hydroxylation is 1. The van der Waals surface area contributed by atoms with E-state index in [2.05, 4.69) is 15.3 Å². The molecule has 0 atom stereocenters. The summed E-state index contributed by atoms with van der Waals surface area (Å²) >= 11 is 0. The third-order valence-electron chi connectivity index (χ3n) is 6.95. The first-order valence-electron chi connectivity index (χ1n) is 14.8. The monoisotopic (exact) mass is 601 g/mol. The van der Waals surface area contributed by atoms with E-state index in [0.717, 1.165) is 33.6 Å². The molecule has 1 amide bonds. The Hall–Kier alpha value is -5.50. The summed E-state index contributed by atoms with van der Waals surface area (Å²) in [6, 6.07) is 35.8. The van der Waals surface area contributed by atoms with Crippen molar-refractivity contribution in [1.82, 2.24) is 15.3 Å². The number of rotatable bonds is 13. The molecule has 0 aliphatic rings. The third-order valence-corrected chi connectivity index (χ3v) is 6.95. The molecule has 1 aromatic heterocycles. The molecule has 0 aliphatic carbocycles. The number of hydrogen-bond acceptors (Lipinski definition) is 7. The number of carbonyl (C=O) groups excluding carboxylic acids is 2. The van der Waals surface area contributed by atoms with Crippen LogP contribution in [-0.2, 0) is 29.2 Å². The van der Waals surface area contributed by atoms with Crippen molar-refractivity contribution in [2.24, 2.45) is 0 Å². The number of carbonyl (C=O) groups is 2. The van der Waals surface area contributed by atoms with Gasteiger partial charge in [0.1, 0.15) is 31.3 Å². The van der Waals surface area contributed by atoms with Crippen LogP contribution in [0.3, 0.4) is 0 Å². The van der Waals surface area contributed by atoms with Gasteiger partial charge in [0.15, 0.2) is 11.4 Å². The fraction of sp³-hybridized carbons (Fsp3) is 0.189. The van der Waals surface area contributed by atoms with Crippen LogP contribution in [0.1, 0.15) is 45.6 Å². The smallest absolute Gasteiger partial charge is 0.325 e. The molecule has 0 bridgehead atoms. The zero-order valence-electron chi connectivity index (χ0n) is 25.4. The molecule has 8 nitrogen and oxygen atoms in total. The molecule has 0 fully saturated rings. The molecule has 0 radical (unpaired) electrons. The summed E-state index contributed by atoms with van der Waals surface area (Å²) in [5, 5.41) is 2.59. The number of nitrogens with one attached hydrogen (secondary N) is 1. The van der Waals surface area contributed by atoms with Gasteiger partial charge in [-0.3, -0.25) is 9.59 Å². The largest absolute Gasteiger partial charge is 0.489 e. The number of benzene rings is 4. The van der Waals surface area contributed by atoms with Crippen molar-refractivity contribution in [3.8, 4) is 22.6 Å². The number of hydrogen-bond donors (Lipinski definition) is 1. The van der Waals surface area contributed by atoms with Crippen LogP contribution in [0, 0.1) is 6.92 Å². The molecule has 228 valence electrons. The van der Waals surface area contributed by atoms with Gasteiger partial charge in [0.25, 0.3) is 5.91 Å². The van der Waals surface area contributed by atoms with E-state index in [-0.39, 0.29) is 31.2 Å². The Balaban J connectivity index is 1.31. The van der Waals surface area contributed by atoms with Crippen molar-refractivity contribution in [2.45, 2.75) is 33.5 Å². The van der Waals surface area contributed by atoms with E-state index in [1.54, 1.807) is 13.8 Å². The Morgan fingerprint density at radius 3 is 2.04 bits per heavy atom. The molecular weight excluding hydrogens is 566 g/mol. The van der Waals surface area contributed by atoms with Crippen molar-refractivity contribution in [3.05, 3.63) is 143 Å². The van der Waals surface area contributed by atoms with Crippen molar-refractivity contribution < 1.29 is 23.8 Å². The minimum absolute atomic E-state index is 0.0710. The normalized spacial score (nSPS) is 10.6. The number of esters is 1. The van der Waals surface area contributed by atoms with E-state index < -0.39 is 11.9 Å². The predicted molar refractivity (Wildman–Crippen MR) is 172 cm³/mol. The Labute approximate surface area is 263 Å². The summed E-state index contributed by atoms with van der Waals surface area (Å²) < 4.78 is 17.0. The highest BCUT2D eigenvalue weighted by Crippen LogP contribution is 2.26. The van der Waals surface area contributed by atoms with Gasteiger partial charge in [-0.25, -0.2) is 9.97 Å². The van der Waals surface area contributed by atoms with Gasteiger partial charge < -0.3 is 19.5 Å². The maximum absolute atomic E-state index is 13.2. The van der Waals surface area contributed by atoms with E-state index in [9.17, 15) is 9.59 Å². The van der Waals surface area contributed by atoms with Gasteiger partial charge in [0, 0.05) is 6.42 Å². The average Bonchev–Trinajstić information content (AvgIpc) is 3.07. The average molecular weight is 602 g/mol. The van der Waals surface area contributed by atoms with Gasteiger partial charge >= 0.3 is 5.97 Å². The van der Waals surface area contributed by atoms with Crippen LogP contribution >= 0.6 is 0 Å². The molecule has 0 saturated heterocycles. The summed E-state index contributed by atoms with van der Waals surface area (Å²) in [6.07, 6.45) is 0.401. The summed E-state index contributed by atoms with van der Waals surface area (Å²) in [7, 11) is 0. The third kappa shape index (κ3) is 8.76. The molecule has 0 saturated carbocycles. The lowest BCUT2D eigenvalue weighted by atomic mass is 10.0. The van der Waals surface area contributed by atoms with Gasteiger partial charge in [0.2, 0.25) is 0 Å². The highest BCUT2D eigenvalue weighted by Gasteiger charge is 2.21. The lowest BCUT2D eigenvalue weighted by Crippen LogP contribution is -2.32. The Kier molecular flexibility index (Phi) is 10.5. The van der Waals surface area contributed by atoms with E-state index in [0.29, 0.717) is 24.5 Å². The Bertz CT molecular complexity index is 1730. The number of amides is 1. The number of aromatic nitrogens is 2. The van der Waals surface area contributed by atoms with Crippen molar-refractivity contribution in [3.63, 3.8) is 0 Å². The van der Waals surface area contributed by atoms with Crippen molar-refractivity contribution in [1.29, 1.82) is 0 Å². The molecule has 8 heteroatoms. The first-order valence-corrected chi connectivity index (χ1v) is 14.8. The molecule has 1 N–H and O–H groups in total. The zero-order valence-corrected chi connectivity index (χ0v) is 25.4. The fourth-order valence-electron chi connectivity index (χ4n) is 4.71. The van der Waals surface area contributed by atoms with Crippen molar-refractivity contribution in [2.75, 3.05) is 13.2 Å². The standard InChI is InChI=1S/C37H35N3O5/c1-3-43-34(41)23-38-37(42)35-36(45-25-29-13-8-5-9-14-29)26(2)39-33(40-35)21-27-17-19-30(20-18-27)31-15-10-16-32(22-31)44-24-28-11-6-4-7-12-28/h4-20,22H,3,21,23-25H2,1-2H3,(H,38,42). The molecule has 0 unspecified atom stereocenters.